The Morgan fingerprint density at radius 1 is 1.00 bits per heavy atom. The minimum absolute atomic E-state index is 0.691. The van der Waals surface area contributed by atoms with Crippen LogP contribution in [0.2, 0.25) is 0 Å². The maximum Gasteiger partial charge on any atom is 0.0949 e. The van der Waals surface area contributed by atoms with Crippen LogP contribution in [-0.2, 0) is 6.54 Å². The van der Waals surface area contributed by atoms with Gasteiger partial charge in [-0.1, -0.05) is 71.8 Å². The summed E-state index contributed by atoms with van der Waals surface area (Å²) in [5, 5.41) is 0.778. The van der Waals surface area contributed by atoms with E-state index < -0.39 is 0 Å². The second kappa shape index (κ2) is 6.63. The molecule has 1 heterocycles. The lowest BCUT2D eigenvalue weighted by Crippen LogP contribution is -2.00. The molecule has 3 heteroatoms. The van der Waals surface area contributed by atoms with Crippen molar-refractivity contribution < 1.29 is 0 Å². The quantitative estimate of drug-likeness (QED) is 0.620. The van der Waals surface area contributed by atoms with E-state index in [0.29, 0.717) is 6.54 Å². The average Bonchev–Trinajstić information content (AvgIpc) is 3.07. The Bertz CT molecular complexity index is 757. The zero-order valence-electron chi connectivity index (χ0n) is 12.4. The summed E-state index contributed by atoms with van der Waals surface area (Å²) in [5.74, 6) is 0. The molecule has 2 aromatic carbocycles. The molecule has 0 fully saturated rings. The number of aromatic nitrogens is 2. The van der Waals surface area contributed by atoms with Crippen LogP contribution >= 0.6 is 11.6 Å². The van der Waals surface area contributed by atoms with Gasteiger partial charge in [0, 0.05) is 12.4 Å². The predicted octanol–water partition coefficient (Wildman–Crippen LogP) is 5.00. The molecule has 0 N–H and O–H groups in total. The van der Waals surface area contributed by atoms with Gasteiger partial charge in [-0.05, 0) is 23.6 Å². The zero-order chi connectivity index (χ0) is 15.4. The van der Waals surface area contributed by atoms with Crippen molar-refractivity contribution in [2.75, 3.05) is 0 Å². The standard InChI is InChI=1S/C19H17ClN2/c1-15-7-9-17(10-8-15)19(20)18(13-22-12-11-21-14-22)16-5-3-2-4-6-16/h2-12,14H,13H2,1H3. The number of rotatable bonds is 4. The third kappa shape index (κ3) is 3.29. The molecule has 1 aromatic heterocycles. The van der Waals surface area contributed by atoms with E-state index in [0.717, 1.165) is 21.7 Å². The number of hydrogen-bond donors (Lipinski definition) is 0. The predicted molar refractivity (Wildman–Crippen MR) is 92.5 cm³/mol. The topological polar surface area (TPSA) is 17.8 Å². The Kier molecular flexibility index (Phi) is 4.40. The average molecular weight is 309 g/mol. The van der Waals surface area contributed by atoms with Gasteiger partial charge in [0.25, 0.3) is 0 Å². The maximum atomic E-state index is 6.72. The number of halogens is 1. The van der Waals surface area contributed by atoms with Crippen LogP contribution < -0.4 is 0 Å². The van der Waals surface area contributed by atoms with E-state index in [1.165, 1.54) is 5.56 Å². The number of imidazole rings is 1. The van der Waals surface area contributed by atoms with Crippen LogP contribution in [0.3, 0.4) is 0 Å². The second-order valence-electron chi connectivity index (χ2n) is 5.26. The minimum atomic E-state index is 0.691. The molecule has 0 aliphatic rings. The molecule has 3 aromatic rings. The highest BCUT2D eigenvalue weighted by atomic mass is 35.5. The Morgan fingerprint density at radius 3 is 2.36 bits per heavy atom. The van der Waals surface area contributed by atoms with Crippen LogP contribution in [0.1, 0.15) is 16.7 Å². The van der Waals surface area contributed by atoms with Crippen LogP contribution in [0.25, 0.3) is 10.6 Å². The van der Waals surface area contributed by atoms with Gasteiger partial charge in [0.2, 0.25) is 0 Å². The SMILES string of the molecule is Cc1ccc(C(Cl)=C(Cn2ccnc2)c2ccccc2)cc1. The van der Waals surface area contributed by atoms with Gasteiger partial charge in [-0.3, -0.25) is 0 Å². The Balaban J connectivity index is 2.07. The first-order valence-electron chi connectivity index (χ1n) is 7.21. The van der Waals surface area contributed by atoms with E-state index in [2.05, 4.69) is 48.3 Å². The van der Waals surface area contributed by atoms with Gasteiger partial charge in [0.1, 0.15) is 0 Å². The lowest BCUT2D eigenvalue weighted by molar-refractivity contribution is 0.835. The molecule has 0 amide bonds. The first-order valence-corrected chi connectivity index (χ1v) is 7.58. The number of nitrogens with zero attached hydrogens (tertiary/aromatic N) is 2. The highest BCUT2D eigenvalue weighted by Crippen LogP contribution is 2.31. The summed E-state index contributed by atoms with van der Waals surface area (Å²) >= 11 is 6.72. The van der Waals surface area contributed by atoms with Gasteiger partial charge in [0.15, 0.2) is 0 Å². The second-order valence-corrected chi connectivity index (χ2v) is 5.64. The van der Waals surface area contributed by atoms with Crippen molar-refractivity contribution in [3.05, 3.63) is 90.0 Å². The molecule has 110 valence electrons. The van der Waals surface area contributed by atoms with Gasteiger partial charge in [0.05, 0.1) is 17.9 Å². The number of benzene rings is 2. The Hall–Kier alpha value is -2.32. The van der Waals surface area contributed by atoms with Gasteiger partial charge in [-0.15, -0.1) is 0 Å². The van der Waals surface area contributed by atoms with Crippen LogP contribution in [0, 0.1) is 6.92 Å². The van der Waals surface area contributed by atoms with E-state index in [-0.39, 0.29) is 0 Å². The van der Waals surface area contributed by atoms with Crippen molar-refractivity contribution in [3.8, 4) is 0 Å². The largest absolute Gasteiger partial charge is 0.333 e. The fourth-order valence-corrected chi connectivity index (χ4v) is 2.66. The van der Waals surface area contributed by atoms with Crippen molar-refractivity contribution in [2.24, 2.45) is 0 Å². The monoisotopic (exact) mass is 308 g/mol. The summed E-state index contributed by atoms with van der Waals surface area (Å²) in [6.07, 6.45) is 5.53. The molecule has 0 bridgehead atoms. The van der Waals surface area contributed by atoms with Gasteiger partial charge in [-0.2, -0.15) is 0 Å². The smallest absolute Gasteiger partial charge is 0.0949 e. The van der Waals surface area contributed by atoms with E-state index in [1.807, 2.05) is 35.3 Å². The van der Waals surface area contributed by atoms with Crippen molar-refractivity contribution >= 4 is 22.2 Å². The van der Waals surface area contributed by atoms with Crippen LogP contribution in [0.5, 0.6) is 0 Å². The molecule has 22 heavy (non-hydrogen) atoms. The van der Waals surface area contributed by atoms with Gasteiger partial charge < -0.3 is 4.57 Å². The Morgan fingerprint density at radius 2 is 1.73 bits per heavy atom. The molecular formula is C19H17ClN2. The molecule has 0 unspecified atom stereocenters. The minimum Gasteiger partial charge on any atom is -0.333 e. The van der Waals surface area contributed by atoms with E-state index >= 15 is 0 Å². The Labute approximate surface area is 135 Å². The normalized spacial score (nSPS) is 12.1. The summed E-state index contributed by atoms with van der Waals surface area (Å²) in [5.41, 5.74) is 4.47. The van der Waals surface area contributed by atoms with Crippen LogP contribution in [0.15, 0.2) is 73.3 Å². The van der Waals surface area contributed by atoms with E-state index in [4.69, 9.17) is 11.6 Å². The molecule has 0 atom stereocenters. The first-order chi connectivity index (χ1) is 10.7. The van der Waals surface area contributed by atoms with Crippen LogP contribution in [-0.4, -0.2) is 9.55 Å². The number of allylic oxidation sites excluding steroid dienone is 1. The van der Waals surface area contributed by atoms with Gasteiger partial charge >= 0.3 is 0 Å². The molecule has 2 nitrogen and oxygen atoms in total. The van der Waals surface area contributed by atoms with Crippen molar-refractivity contribution in [1.29, 1.82) is 0 Å². The molecule has 3 rings (SSSR count). The third-order valence-corrected chi connectivity index (χ3v) is 4.04. The first kappa shape index (κ1) is 14.6. The number of aryl methyl sites for hydroxylation is 1. The fourth-order valence-electron chi connectivity index (χ4n) is 2.36. The molecule has 0 radical (unpaired) electrons. The van der Waals surface area contributed by atoms with Crippen molar-refractivity contribution in [1.82, 2.24) is 9.55 Å². The third-order valence-electron chi connectivity index (χ3n) is 3.59. The summed E-state index contributed by atoms with van der Waals surface area (Å²) in [7, 11) is 0. The maximum absolute atomic E-state index is 6.72. The molecule has 0 aliphatic carbocycles. The highest BCUT2D eigenvalue weighted by molar-refractivity contribution is 6.52. The van der Waals surface area contributed by atoms with E-state index in [9.17, 15) is 0 Å². The van der Waals surface area contributed by atoms with Gasteiger partial charge in [-0.25, -0.2) is 4.98 Å². The van der Waals surface area contributed by atoms with Crippen LogP contribution in [0.4, 0.5) is 0 Å². The fraction of sp³-hybridized carbons (Fsp3) is 0.105. The summed E-state index contributed by atoms with van der Waals surface area (Å²) in [4.78, 5) is 4.11. The number of hydrogen-bond acceptors (Lipinski definition) is 1. The summed E-state index contributed by atoms with van der Waals surface area (Å²) in [6.45, 7) is 2.77. The molecule has 0 aliphatic heterocycles. The van der Waals surface area contributed by atoms with Crippen molar-refractivity contribution in [3.63, 3.8) is 0 Å². The summed E-state index contributed by atoms with van der Waals surface area (Å²) < 4.78 is 2.03. The highest BCUT2D eigenvalue weighted by Gasteiger charge is 2.10. The van der Waals surface area contributed by atoms with Crippen molar-refractivity contribution in [2.45, 2.75) is 13.5 Å². The molecule has 0 saturated heterocycles. The molecule has 0 saturated carbocycles. The molecule has 0 spiro atoms. The summed E-state index contributed by atoms with van der Waals surface area (Å²) in [6, 6.07) is 18.5. The zero-order valence-corrected chi connectivity index (χ0v) is 13.2. The lowest BCUT2D eigenvalue weighted by atomic mass is 10.0. The molecular weight excluding hydrogens is 292 g/mol. The van der Waals surface area contributed by atoms with E-state index in [1.54, 1.807) is 6.20 Å². The lowest BCUT2D eigenvalue weighted by Gasteiger charge is -2.13.